The predicted molar refractivity (Wildman–Crippen MR) is 82.6 cm³/mol. The molecule has 1 aliphatic rings. The van der Waals surface area contributed by atoms with Crippen LogP contribution in [0.5, 0.6) is 0 Å². The number of aromatic nitrogens is 3. The molecule has 0 unspecified atom stereocenters. The smallest absolute Gasteiger partial charge is 0.274 e. The number of amides is 1. The average molecular weight is 306 g/mol. The number of hydrogen-bond donors (Lipinski definition) is 1. The van der Waals surface area contributed by atoms with Gasteiger partial charge in [-0.3, -0.25) is 9.48 Å². The van der Waals surface area contributed by atoms with Crippen molar-refractivity contribution < 1.29 is 4.79 Å². The normalized spacial score (nSPS) is 15.5. The minimum absolute atomic E-state index is 0.0469. The second-order valence-electron chi connectivity index (χ2n) is 5.07. The minimum Gasteiger partial charge on any atom is -0.395 e. The van der Waals surface area contributed by atoms with Crippen LogP contribution in [0.1, 0.15) is 16.2 Å². The predicted octanol–water partition coefficient (Wildman–Crippen LogP) is 0.730. The van der Waals surface area contributed by atoms with E-state index in [1.807, 2.05) is 17.2 Å². The van der Waals surface area contributed by atoms with E-state index in [4.69, 9.17) is 5.73 Å². The second kappa shape index (κ2) is 5.36. The number of rotatable bonds is 2. The molecule has 1 fully saturated rings. The van der Waals surface area contributed by atoms with Crippen LogP contribution in [0.3, 0.4) is 0 Å². The highest BCUT2D eigenvalue weighted by Gasteiger charge is 2.27. The highest BCUT2D eigenvalue weighted by molar-refractivity contribution is 7.13. The van der Waals surface area contributed by atoms with Crippen LogP contribution in [0.2, 0.25) is 0 Å². The lowest BCUT2D eigenvalue weighted by Crippen LogP contribution is -2.49. The Bertz CT molecular complexity index is 642. The fraction of sp³-hybridized carbons (Fsp3) is 0.462. The summed E-state index contributed by atoms with van der Waals surface area (Å²) in [7, 11) is 1.75. The van der Waals surface area contributed by atoms with Gasteiger partial charge in [0.2, 0.25) is 0 Å². The molecular formula is C13H18N6OS. The highest BCUT2D eigenvalue weighted by atomic mass is 32.1. The molecule has 8 heteroatoms. The first-order valence-electron chi connectivity index (χ1n) is 6.80. The summed E-state index contributed by atoms with van der Waals surface area (Å²) in [5, 5.41) is 7.18. The number of nitrogens with two attached hydrogens (primary N) is 1. The molecule has 0 aliphatic carbocycles. The van der Waals surface area contributed by atoms with Crippen molar-refractivity contribution in [2.45, 2.75) is 6.92 Å². The minimum atomic E-state index is -0.0469. The Morgan fingerprint density at radius 1 is 1.33 bits per heavy atom. The number of piperazine rings is 1. The van der Waals surface area contributed by atoms with Gasteiger partial charge in [-0.1, -0.05) is 0 Å². The van der Waals surface area contributed by atoms with Gasteiger partial charge in [0.05, 0.1) is 11.4 Å². The molecule has 3 heterocycles. The van der Waals surface area contributed by atoms with Crippen molar-refractivity contribution in [1.82, 2.24) is 19.7 Å². The fourth-order valence-electron chi connectivity index (χ4n) is 2.55. The summed E-state index contributed by atoms with van der Waals surface area (Å²) >= 11 is 1.62. The number of nitrogen functional groups attached to an aromatic ring is 1. The van der Waals surface area contributed by atoms with Gasteiger partial charge in [-0.25, -0.2) is 4.98 Å². The molecule has 0 aromatic carbocycles. The van der Waals surface area contributed by atoms with E-state index in [0.29, 0.717) is 30.2 Å². The number of hydrogen-bond acceptors (Lipinski definition) is 6. The van der Waals surface area contributed by atoms with E-state index in [0.717, 1.165) is 18.2 Å². The quantitative estimate of drug-likeness (QED) is 0.884. The summed E-state index contributed by atoms with van der Waals surface area (Å²) in [4.78, 5) is 20.9. The maximum atomic E-state index is 12.6. The number of thiazole rings is 1. The van der Waals surface area contributed by atoms with Gasteiger partial charge in [0.15, 0.2) is 5.13 Å². The average Bonchev–Trinajstić information content (AvgIpc) is 3.08. The Balaban J connectivity index is 1.70. The zero-order valence-corrected chi connectivity index (χ0v) is 12.9. The van der Waals surface area contributed by atoms with Gasteiger partial charge >= 0.3 is 0 Å². The van der Waals surface area contributed by atoms with Crippen LogP contribution in [0.15, 0.2) is 11.6 Å². The molecule has 2 aromatic rings. The summed E-state index contributed by atoms with van der Waals surface area (Å²) in [5.41, 5.74) is 7.62. The van der Waals surface area contributed by atoms with Gasteiger partial charge in [-0.2, -0.15) is 5.10 Å². The molecule has 1 aliphatic heterocycles. The Labute approximate surface area is 127 Å². The van der Waals surface area contributed by atoms with Gasteiger partial charge in [-0.05, 0) is 6.92 Å². The van der Waals surface area contributed by atoms with Crippen molar-refractivity contribution >= 4 is 28.1 Å². The molecule has 2 N–H and O–H groups in total. The Morgan fingerprint density at radius 3 is 2.57 bits per heavy atom. The van der Waals surface area contributed by atoms with E-state index in [9.17, 15) is 4.79 Å². The SMILES string of the molecule is Cc1nn(C)c(C(=O)N2CCN(c3nccs3)CC2)c1N. The third kappa shape index (κ3) is 2.46. The topological polar surface area (TPSA) is 80.3 Å². The molecule has 0 radical (unpaired) electrons. The van der Waals surface area contributed by atoms with Crippen molar-refractivity contribution in [2.75, 3.05) is 36.8 Å². The van der Waals surface area contributed by atoms with E-state index >= 15 is 0 Å². The van der Waals surface area contributed by atoms with Crippen molar-refractivity contribution in [3.8, 4) is 0 Å². The first kappa shape index (κ1) is 13.9. The van der Waals surface area contributed by atoms with Crippen LogP contribution < -0.4 is 10.6 Å². The number of aryl methyl sites for hydroxylation is 2. The van der Waals surface area contributed by atoms with Crippen molar-refractivity contribution in [3.63, 3.8) is 0 Å². The summed E-state index contributed by atoms with van der Waals surface area (Å²) in [6.07, 6.45) is 1.80. The number of anilines is 2. The Hall–Kier alpha value is -2.09. The zero-order valence-electron chi connectivity index (χ0n) is 12.1. The third-order valence-corrected chi connectivity index (χ3v) is 4.56. The summed E-state index contributed by atoms with van der Waals surface area (Å²) in [6, 6.07) is 0. The van der Waals surface area contributed by atoms with Gasteiger partial charge in [0.25, 0.3) is 5.91 Å². The van der Waals surface area contributed by atoms with Crippen LogP contribution in [0, 0.1) is 6.92 Å². The van der Waals surface area contributed by atoms with Crippen LogP contribution in [-0.4, -0.2) is 51.8 Å². The lowest BCUT2D eigenvalue weighted by Gasteiger charge is -2.34. The molecule has 0 saturated carbocycles. The first-order valence-corrected chi connectivity index (χ1v) is 7.68. The first-order chi connectivity index (χ1) is 10.1. The molecule has 2 aromatic heterocycles. The molecular weight excluding hydrogens is 288 g/mol. The summed E-state index contributed by atoms with van der Waals surface area (Å²) in [5.74, 6) is -0.0469. The summed E-state index contributed by atoms with van der Waals surface area (Å²) in [6.45, 7) is 4.72. The van der Waals surface area contributed by atoms with Gasteiger partial charge in [0.1, 0.15) is 5.69 Å². The summed E-state index contributed by atoms with van der Waals surface area (Å²) < 4.78 is 1.57. The molecule has 1 saturated heterocycles. The highest BCUT2D eigenvalue weighted by Crippen LogP contribution is 2.21. The van der Waals surface area contributed by atoms with Crippen molar-refractivity contribution in [3.05, 3.63) is 23.0 Å². The number of nitrogens with zero attached hydrogens (tertiary/aromatic N) is 5. The van der Waals surface area contributed by atoms with E-state index in [1.54, 1.807) is 29.3 Å². The molecule has 7 nitrogen and oxygen atoms in total. The molecule has 1 amide bonds. The van der Waals surface area contributed by atoms with Crippen LogP contribution in [0.25, 0.3) is 0 Å². The lowest BCUT2D eigenvalue weighted by atomic mass is 10.2. The van der Waals surface area contributed by atoms with E-state index in [1.165, 1.54) is 0 Å². The standard InChI is InChI=1S/C13H18N6OS/c1-9-10(14)11(17(2)16-9)12(20)18-4-6-19(7-5-18)13-15-3-8-21-13/h3,8H,4-7,14H2,1-2H3. The Morgan fingerprint density at radius 2 is 2.05 bits per heavy atom. The van der Waals surface area contributed by atoms with Gasteiger partial charge in [0, 0.05) is 44.8 Å². The van der Waals surface area contributed by atoms with Crippen molar-refractivity contribution in [2.24, 2.45) is 7.05 Å². The molecule has 3 rings (SSSR count). The van der Waals surface area contributed by atoms with E-state index in [2.05, 4.69) is 15.0 Å². The molecule has 0 bridgehead atoms. The maximum Gasteiger partial charge on any atom is 0.274 e. The largest absolute Gasteiger partial charge is 0.395 e. The van der Waals surface area contributed by atoms with Gasteiger partial charge in [-0.15, -0.1) is 11.3 Å². The van der Waals surface area contributed by atoms with E-state index in [-0.39, 0.29) is 5.91 Å². The lowest BCUT2D eigenvalue weighted by molar-refractivity contribution is 0.0737. The molecule has 0 atom stereocenters. The monoisotopic (exact) mass is 306 g/mol. The van der Waals surface area contributed by atoms with Crippen LogP contribution >= 0.6 is 11.3 Å². The fourth-order valence-corrected chi connectivity index (χ4v) is 3.25. The molecule has 0 spiro atoms. The number of carbonyl (C=O) groups is 1. The maximum absolute atomic E-state index is 12.6. The number of carbonyl (C=O) groups excluding carboxylic acids is 1. The van der Waals surface area contributed by atoms with Gasteiger partial charge < -0.3 is 15.5 Å². The second-order valence-corrected chi connectivity index (χ2v) is 5.94. The third-order valence-electron chi connectivity index (χ3n) is 3.73. The van der Waals surface area contributed by atoms with Crippen LogP contribution in [0.4, 0.5) is 10.8 Å². The van der Waals surface area contributed by atoms with Crippen LogP contribution in [-0.2, 0) is 7.05 Å². The molecule has 21 heavy (non-hydrogen) atoms. The van der Waals surface area contributed by atoms with Crippen molar-refractivity contribution in [1.29, 1.82) is 0 Å². The van der Waals surface area contributed by atoms with E-state index < -0.39 is 0 Å². The molecule has 112 valence electrons. The zero-order chi connectivity index (χ0) is 15.0. The Kier molecular flexibility index (Phi) is 3.54.